The molecule has 0 atom stereocenters. The van der Waals surface area contributed by atoms with E-state index in [9.17, 15) is 14.4 Å². The van der Waals surface area contributed by atoms with Crippen LogP contribution in [0.4, 0.5) is 4.79 Å². The molecule has 1 rings (SSSR count). The normalized spacial score (nSPS) is 10.8. The van der Waals surface area contributed by atoms with Gasteiger partial charge in [-0.25, -0.2) is 4.79 Å². The molecule has 0 fully saturated rings. The molecule has 3 N–H and O–H groups in total. The molecule has 1 aromatic carbocycles. The number of carboxylic acids is 1. The lowest BCUT2D eigenvalue weighted by atomic mass is 10.2. The molecule has 41 heavy (non-hydrogen) atoms. The van der Waals surface area contributed by atoms with Crippen molar-refractivity contribution in [2.24, 2.45) is 0 Å². The third-order valence-corrected chi connectivity index (χ3v) is 4.90. The smallest absolute Gasteiger partial charge is 0.409 e. The Kier molecular flexibility index (Phi) is 24.1. The van der Waals surface area contributed by atoms with Crippen molar-refractivity contribution < 1.29 is 57.4 Å². The summed E-state index contributed by atoms with van der Waals surface area (Å²) >= 11 is 0. The summed E-state index contributed by atoms with van der Waals surface area (Å²) < 4.78 is 42.6. The number of amides is 2. The molecule has 0 spiro atoms. The van der Waals surface area contributed by atoms with Crippen molar-refractivity contribution in [3.63, 3.8) is 0 Å². The van der Waals surface area contributed by atoms with Gasteiger partial charge in [-0.2, -0.15) is 0 Å². The number of nitrogens with one attached hydrogen (secondary N) is 2. The number of alkyl carbamates (subject to hydrolysis) is 1. The van der Waals surface area contributed by atoms with Gasteiger partial charge in [0, 0.05) is 13.0 Å². The molecular weight excluding hydrogens is 544 g/mol. The van der Waals surface area contributed by atoms with Crippen LogP contribution >= 0.6 is 0 Å². The molecule has 14 nitrogen and oxygen atoms in total. The highest BCUT2D eigenvalue weighted by molar-refractivity contribution is 5.80. The number of hydrogen-bond donors (Lipinski definition) is 3. The van der Waals surface area contributed by atoms with Gasteiger partial charge in [-0.3, -0.25) is 14.9 Å². The van der Waals surface area contributed by atoms with E-state index in [0.717, 1.165) is 5.56 Å². The first-order chi connectivity index (χ1) is 20.1. The molecule has 0 saturated heterocycles. The second-order valence-electron chi connectivity index (χ2n) is 8.21. The van der Waals surface area contributed by atoms with Crippen LogP contribution < -0.4 is 10.6 Å². The molecule has 0 bridgehead atoms. The summed E-state index contributed by atoms with van der Waals surface area (Å²) in [6, 6.07) is 9.41. The minimum Gasteiger partial charge on any atom is -0.481 e. The van der Waals surface area contributed by atoms with Gasteiger partial charge in [0.05, 0.1) is 92.3 Å². The van der Waals surface area contributed by atoms with Crippen LogP contribution in [-0.2, 0) is 54.1 Å². The van der Waals surface area contributed by atoms with Crippen LogP contribution in [0.2, 0.25) is 0 Å². The highest BCUT2D eigenvalue weighted by Gasteiger charge is 2.04. The summed E-state index contributed by atoms with van der Waals surface area (Å²) in [6.07, 6.45) is -0.764. The van der Waals surface area contributed by atoms with E-state index in [0.29, 0.717) is 92.4 Å². The Hall–Kier alpha value is -2.85. The Morgan fingerprint density at radius 2 is 1.05 bits per heavy atom. The van der Waals surface area contributed by atoms with Crippen LogP contribution in [0, 0.1) is 0 Å². The molecule has 14 heteroatoms. The fourth-order valence-corrected chi connectivity index (χ4v) is 2.85. The van der Waals surface area contributed by atoms with E-state index in [4.69, 9.17) is 43.0 Å². The van der Waals surface area contributed by atoms with Crippen molar-refractivity contribution in [2.75, 3.05) is 99.2 Å². The van der Waals surface area contributed by atoms with E-state index in [1.165, 1.54) is 0 Å². The van der Waals surface area contributed by atoms with E-state index in [-0.39, 0.29) is 32.1 Å². The van der Waals surface area contributed by atoms with Crippen LogP contribution in [0.3, 0.4) is 0 Å². The van der Waals surface area contributed by atoms with E-state index in [1.54, 1.807) is 0 Å². The zero-order valence-corrected chi connectivity index (χ0v) is 23.6. The number of hydrogen-bond acceptors (Lipinski definition) is 11. The number of ether oxygens (including phenoxy) is 8. The average Bonchev–Trinajstić information content (AvgIpc) is 2.97. The summed E-state index contributed by atoms with van der Waals surface area (Å²) in [7, 11) is 0. The number of rotatable bonds is 28. The Morgan fingerprint density at radius 3 is 1.54 bits per heavy atom. The van der Waals surface area contributed by atoms with Crippen molar-refractivity contribution >= 4 is 18.0 Å². The minimum absolute atomic E-state index is 0.0385. The van der Waals surface area contributed by atoms with Gasteiger partial charge in [0.25, 0.3) is 0 Å². The first kappa shape index (κ1) is 36.2. The molecule has 0 aliphatic heterocycles. The van der Waals surface area contributed by atoms with Gasteiger partial charge in [0.1, 0.15) is 13.3 Å². The molecule has 0 saturated carbocycles. The Balaban J connectivity index is 1.69. The first-order valence-corrected chi connectivity index (χ1v) is 13.5. The number of carbonyl (C=O) groups excluding carboxylic acids is 2. The van der Waals surface area contributed by atoms with E-state index < -0.39 is 12.1 Å². The van der Waals surface area contributed by atoms with Crippen LogP contribution in [-0.4, -0.2) is 122 Å². The lowest BCUT2D eigenvalue weighted by molar-refractivity contribution is -0.138. The average molecular weight is 589 g/mol. The topological polar surface area (TPSA) is 169 Å². The Labute approximate surface area is 240 Å². The van der Waals surface area contributed by atoms with Crippen molar-refractivity contribution in [2.45, 2.75) is 19.4 Å². The van der Waals surface area contributed by atoms with E-state index in [2.05, 4.69) is 10.6 Å². The van der Waals surface area contributed by atoms with Crippen molar-refractivity contribution in [3.8, 4) is 0 Å². The number of carbonyl (C=O) groups is 3. The lowest BCUT2D eigenvalue weighted by Crippen LogP contribution is -2.27. The predicted octanol–water partition coefficient (Wildman–Crippen LogP) is 0.968. The van der Waals surface area contributed by atoms with Crippen LogP contribution in [0.15, 0.2) is 30.3 Å². The molecule has 1 aromatic rings. The molecule has 0 aliphatic rings. The zero-order valence-electron chi connectivity index (χ0n) is 23.6. The number of carboxylic acid groups (broad SMARTS) is 1. The van der Waals surface area contributed by atoms with Gasteiger partial charge < -0.3 is 48.3 Å². The van der Waals surface area contributed by atoms with Crippen LogP contribution in [0.1, 0.15) is 18.4 Å². The van der Waals surface area contributed by atoms with Gasteiger partial charge in [-0.1, -0.05) is 30.3 Å². The Bertz CT molecular complexity index is 785. The molecule has 234 valence electrons. The molecule has 0 radical (unpaired) electrons. The summed E-state index contributed by atoms with van der Waals surface area (Å²) in [5.41, 5.74) is 0.912. The maximum absolute atomic E-state index is 11.6. The zero-order chi connectivity index (χ0) is 29.6. The van der Waals surface area contributed by atoms with Crippen LogP contribution in [0.25, 0.3) is 0 Å². The van der Waals surface area contributed by atoms with E-state index >= 15 is 0 Å². The van der Waals surface area contributed by atoms with E-state index in [1.807, 2.05) is 30.3 Å². The van der Waals surface area contributed by atoms with Gasteiger partial charge >= 0.3 is 12.1 Å². The largest absolute Gasteiger partial charge is 0.481 e. The fourth-order valence-electron chi connectivity index (χ4n) is 2.85. The monoisotopic (exact) mass is 588 g/mol. The number of aliphatic carboxylic acids is 1. The summed E-state index contributed by atoms with van der Waals surface area (Å²) in [5.74, 6) is -1.31. The lowest BCUT2D eigenvalue weighted by Gasteiger charge is -2.09. The second-order valence-corrected chi connectivity index (χ2v) is 8.21. The SMILES string of the molecule is O=C(O)CCC(=O)NCCOCCOCCOCCOCCOCCOCCOCNC(=O)OCc1ccccc1. The third-order valence-electron chi connectivity index (χ3n) is 4.90. The van der Waals surface area contributed by atoms with Gasteiger partial charge in [-0.05, 0) is 5.56 Å². The fraction of sp³-hybridized carbons (Fsp3) is 0.667. The number of benzene rings is 1. The van der Waals surface area contributed by atoms with Crippen molar-refractivity contribution in [1.82, 2.24) is 10.6 Å². The second kappa shape index (κ2) is 27.3. The minimum atomic E-state index is -0.999. The molecule has 0 heterocycles. The quantitative estimate of drug-likeness (QED) is 0.0938. The Morgan fingerprint density at radius 1 is 0.585 bits per heavy atom. The highest BCUT2D eigenvalue weighted by Crippen LogP contribution is 2.00. The molecule has 0 aromatic heterocycles. The molecule has 2 amide bonds. The summed E-state index contributed by atoms with van der Waals surface area (Å²) in [4.78, 5) is 33.2. The first-order valence-electron chi connectivity index (χ1n) is 13.5. The highest BCUT2D eigenvalue weighted by atomic mass is 16.6. The van der Waals surface area contributed by atoms with Gasteiger partial charge in [-0.15, -0.1) is 0 Å². The predicted molar refractivity (Wildman–Crippen MR) is 145 cm³/mol. The van der Waals surface area contributed by atoms with Crippen molar-refractivity contribution in [1.29, 1.82) is 0 Å². The van der Waals surface area contributed by atoms with Crippen LogP contribution in [0.5, 0.6) is 0 Å². The molecular formula is C27H44N2O12. The maximum Gasteiger partial charge on any atom is 0.409 e. The molecule has 0 aliphatic carbocycles. The molecule has 0 unspecified atom stereocenters. The standard InChI is InChI=1S/C27H44N2O12/c30-25(6-7-26(31)32)28-8-9-34-10-11-35-12-13-36-14-15-37-16-17-38-18-19-39-20-21-40-23-29-27(33)41-22-24-4-2-1-3-5-24/h1-5H,6-23H2,(H,28,30)(H,29,33)(H,31,32). The van der Waals surface area contributed by atoms with Gasteiger partial charge in [0.2, 0.25) is 5.91 Å². The van der Waals surface area contributed by atoms with Gasteiger partial charge in [0.15, 0.2) is 0 Å². The third kappa shape index (κ3) is 25.8. The summed E-state index contributed by atoms with van der Waals surface area (Å²) in [6.45, 7) is 5.94. The van der Waals surface area contributed by atoms with Crippen molar-refractivity contribution in [3.05, 3.63) is 35.9 Å². The summed E-state index contributed by atoms with van der Waals surface area (Å²) in [5, 5.41) is 13.6. The maximum atomic E-state index is 11.6.